The van der Waals surface area contributed by atoms with Crippen molar-refractivity contribution in [2.45, 2.75) is 18.7 Å². The second kappa shape index (κ2) is 7.88. The van der Waals surface area contributed by atoms with E-state index in [1.54, 1.807) is 0 Å². The Morgan fingerprint density at radius 1 is 1.43 bits per heavy atom. The number of amides is 1. The Bertz CT molecular complexity index is 566. The molecule has 1 atom stereocenters. The maximum absolute atomic E-state index is 12.2. The van der Waals surface area contributed by atoms with Crippen molar-refractivity contribution in [3.63, 3.8) is 0 Å². The summed E-state index contributed by atoms with van der Waals surface area (Å²) >= 11 is 0. The Balaban J connectivity index is 2.51. The lowest BCUT2D eigenvalue weighted by atomic mass is 10.2. The molecule has 1 amide bonds. The van der Waals surface area contributed by atoms with Crippen molar-refractivity contribution in [2.24, 2.45) is 0 Å². The minimum atomic E-state index is -4.72. The van der Waals surface area contributed by atoms with Gasteiger partial charge in [-0.2, -0.15) is 13.2 Å². The number of benzene rings is 1. The summed E-state index contributed by atoms with van der Waals surface area (Å²) in [5.41, 5.74) is -0.262. The highest BCUT2D eigenvalue weighted by Gasteiger charge is 2.38. The number of anilines is 1. The molecule has 0 aliphatic carbocycles. The summed E-state index contributed by atoms with van der Waals surface area (Å²) in [6.45, 7) is -0.706. The molecule has 0 saturated carbocycles. The van der Waals surface area contributed by atoms with Crippen LogP contribution in [-0.2, 0) is 4.79 Å². The molecule has 0 heterocycles. The summed E-state index contributed by atoms with van der Waals surface area (Å²) in [6.07, 6.45) is -7.39. The van der Waals surface area contributed by atoms with Gasteiger partial charge in [-0.15, -0.1) is 0 Å². The maximum atomic E-state index is 12.2. The van der Waals surface area contributed by atoms with Crippen LogP contribution >= 0.6 is 0 Å². The molecule has 1 aromatic rings. The van der Waals surface area contributed by atoms with Gasteiger partial charge in [0, 0.05) is 25.6 Å². The topological polar surface area (TPSA) is 95.7 Å². The summed E-state index contributed by atoms with van der Waals surface area (Å²) in [7, 11) is 1.33. The molecule has 0 aliphatic heterocycles. The van der Waals surface area contributed by atoms with Crippen LogP contribution in [0.3, 0.4) is 0 Å². The average molecular weight is 335 g/mol. The minimum Gasteiger partial charge on any atom is -0.382 e. The molecule has 128 valence electrons. The number of rotatable bonds is 7. The molecule has 0 aliphatic rings. The zero-order valence-electron chi connectivity index (χ0n) is 12.2. The van der Waals surface area contributed by atoms with Gasteiger partial charge in [-0.1, -0.05) is 12.1 Å². The number of likely N-dealkylation sites (N-methyl/N-ethyl adjacent to an activating group) is 1. The Hall–Kier alpha value is -2.20. The number of hydrogen-bond acceptors (Lipinski definition) is 5. The van der Waals surface area contributed by atoms with Crippen LogP contribution in [0.15, 0.2) is 24.3 Å². The summed E-state index contributed by atoms with van der Waals surface area (Å²) in [4.78, 5) is 23.0. The highest BCUT2D eigenvalue weighted by Crippen LogP contribution is 2.23. The standard InChI is InChI=1S/C13H16F3N3O4/c1-18(8-11(20)13(14,15)16)7-6-12(21)17-9-4-2-3-5-10(9)19(22)23/h2-5,11,20H,6-8H2,1H3,(H,17,21). The van der Waals surface area contributed by atoms with Gasteiger partial charge in [0.05, 0.1) is 4.92 Å². The molecule has 0 spiro atoms. The average Bonchev–Trinajstić information content (AvgIpc) is 2.44. The van der Waals surface area contributed by atoms with Gasteiger partial charge in [0.15, 0.2) is 6.10 Å². The molecule has 0 radical (unpaired) electrons. The molecule has 1 rings (SSSR count). The van der Waals surface area contributed by atoms with Gasteiger partial charge in [0.25, 0.3) is 5.69 Å². The molecule has 2 N–H and O–H groups in total. The van der Waals surface area contributed by atoms with Crippen molar-refractivity contribution in [3.8, 4) is 0 Å². The van der Waals surface area contributed by atoms with Crippen LogP contribution in [0.2, 0.25) is 0 Å². The number of hydrogen-bond donors (Lipinski definition) is 2. The fourth-order valence-corrected chi connectivity index (χ4v) is 1.73. The molecule has 10 heteroatoms. The Morgan fingerprint density at radius 2 is 2.04 bits per heavy atom. The van der Waals surface area contributed by atoms with Gasteiger partial charge < -0.3 is 15.3 Å². The number of nitrogens with zero attached hydrogens (tertiary/aromatic N) is 2. The number of aliphatic hydroxyl groups is 1. The third-order valence-electron chi connectivity index (χ3n) is 2.96. The van der Waals surface area contributed by atoms with E-state index in [0.717, 1.165) is 4.90 Å². The number of carbonyl (C=O) groups is 1. The molecule has 0 fully saturated rings. The van der Waals surface area contributed by atoms with Gasteiger partial charge in [0.1, 0.15) is 5.69 Å². The minimum absolute atomic E-state index is 0.0143. The third-order valence-corrected chi connectivity index (χ3v) is 2.96. The number of alkyl halides is 3. The number of nitro benzene ring substituents is 1. The first kappa shape index (κ1) is 18.8. The molecule has 0 bridgehead atoms. The smallest absolute Gasteiger partial charge is 0.382 e. The SMILES string of the molecule is CN(CCC(=O)Nc1ccccc1[N+](=O)[O-])CC(O)C(F)(F)F. The van der Waals surface area contributed by atoms with E-state index in [0.29, 0.717) is 0 Å². The van der Waals surface area contributed by atoms with E-state index in [9.17, 15) is 28.1 Å². The Kier molecular flexibility index (Phi) is 6.46. The van der Waals surface area contributed by atoms with Gasteiger partial charge in [-0.3, -0.25) is 14.9 Å². The third kappa shape index (κ3) is 6.20. The second-order valence-corrected chi connectivity index (χ2v) is 4.89. The number of nitro groups is 1. The summed E-state index contributed by atoms with van der Waals surface area (Å²) in [5.74, 6) is -0.576. The van der Waals surface area contributed by atoms with Crippen molar-refractivity contribution in [2.75, 3.05) is 25.5 Å². The number of halogens is 3. The lowest BCUT2D eigenvalue weighted by Crippen LogP contribution is -2.40. The van der Waals surface area contributed by atoms with Crippen LogP contribution in [0.4, 0.5) is 24.5 Å². The molecule has 1 aromatic carbocycles. The van der Waals surface area contributed by atoms with Gasteiger partial charge in [0.2, 0.25) is 5.91 Å². The maximum Gasteiger partial charge on any atom is 0.415 e. The van der Waals surface area contributed by atoms with Crippen LogP contribution in [0.1, 0.15) is 6.42 Å². The van der Waals surface area contributed by atoms with Crippen LogP contribution in [-0.4, -0.2) is 53.3 Å². The van der Waals surface area contributed by atoms with E-state index < -0.39 is 29.7 Å². The van der Waals surface area contributed by atoms with Crippen molar-refractivity contribution < 1.29 is 28.0 Å². The second-order valence-electron chi connectivity index (χ2n) is 4.89. The van der Waals surface area contributed by atoms with Crippen molar-refractivity contribution in [1.29, 1.82) is 0 Å². The van der Waals surface area contributed by atoms with Gasteiger partial charge in [-0.25, -0.2) is 0 Å². The fraction of sp³-hybridized carbons (Fsp3) is 0.462. The summed E-state index contributed by atoms with van der Waals surface area (Å²) in [5, 5.41) is 22.0. The number of para-hydroxylation sites is 2. The fourth-order valence-electron chi connectivity index (χ4n) is 1.73. The van der Waals surface area contributed by atoms with Crippen molar-refractivity contribution in [3.05, 3.63) is 34.4 Å². The van der Waals surface area contributed by atoms with Gasteiger partial charge >= 0.3 is 6.18 Å². The largest absolute Gasteiger partial charge is 0.415 e. The van der Waals surface area contributed by atoms with Crippen molar-refractivity contribution in [1.82, 2.24) is 4.90 Å². The zero-order chi connectivity index (χ0) is 17.6. The molecule has 0 saturated heterocycles. The lowest BCUT2D eigenvalue weighted by molar-refractivity contribution is -0.383. The number of aliphatic hydroxyl groups excluding tert-OH is 1. The summed E-state index contributed by atoms with van der Waals surface area (Å²) < 4.78 is 36.6. The molecule has 7 nitrogen and oxygen atoms in total. The Morgan fingerprint density at radius 3 is 2.61 bits per heavy atom. The van der Waals surface area contributed by atoms with Crippen LogP contribution in [0.25, 0.3) is 0 Å². The van der Waals surface area contributed by atoms with E-state index in [4.69, 9.17) is 5.11 Å². The highest BCUT2D eigenvalue weighted by molar-refractivity contribution is 5.93. The summed E-state index contributed by atoms with van der Waals surface area (Å²) in [6, 6.07) is 5.53. The van der Waals surface area contributed by atoms with E-state index in [1.807, 2.05) is 0 Å². The van der Waals surface area contributed by atoms with Crippen molar-refractivity contribution >= 4 is 17.3 Å². The molecule has 23 heavy (non-hydrogen) atoms. The predicted molar refractivity (Wildman–Crippen MR) is 75.9 cm³/mol. The molecular formula is C13H16F3N3O4. The predicted octanol–water partition coefficient (Wildman–Crippen LogP) is 1.78. The normalized spacial score (nSPS) is 13.0. The Labute approximate surface area is 129 Å². The van der Waals surface area contributed by atoms with Gasteiger partial charge in [-0.05, 0) is 13.1 Å². The van der Waals surface area contributed by atoms with Crippen LogP contribution in [0, 0.1) is 10.1 Å². The monoisotopic (exact) mass is 335 g/mol. The van der Waals surface area contributed by atoms with E-state index in [2.05, 4.69) is 5.32 Å². The number of carbonyl (C=O) groups excluding carboxylic acids is 1. The quantitative estimate of drug-likeness (QED) is 0.585. The lowest BCUT2D eigenvalue weighted by Gasteiger charge is -2.21. The first-order chi connectivity index (χ1) is 10.6. The van der Waals surface area contributed by atoms with E-state index in [1.165, 1.54) is 31.3 Å². The highest BCUT2D eigenvalue weighted by atomic mass is 19.4. The molecular weight excluding hydrogens is 319 g/mol. The van der Waals surface area contributed by atoms with E-state index in [-0.39, 0.29) is 24.3 Å². The number of nitrogens with one attached hydrogen (secondary N) is 1. The zero-order valence-corrected chi connectivity index (χ0v) is 12.2. The first-order valence-electron chi connectivity index (χ1n) is 6.58. The molecule has 1 unspecified atom stereocenters. The van der Waals surface area contributed by atoms with Crippen LogP contribution in [0.5, 0.6) is 0 Å². The molecule has 0 aromatic heterocycles. The van der Waals surface area contributed by atoms with E-state index >= 15 is 0 Å². The first-order valence-corrected chi connectivity index (χ1v) is 6.58. The van der Waals surface area contributed by atoms with Crippen LogP contribution < -0.4 is 5.32 Å².